The van der Waals surface area contributed by atoms with Crippen LogP contribution in [0.25, 0.3) is 0 Å². The van der Waals surface area contributed by atoms with E-state index in [4.69, 9.17) is 17.4 Å². The number of pyridine rings is 2. The van der Waals surface area contributed by atoms with E-state index in [9.17, 15) is 0 Å². The Hall–Kier alpha value is -1.30. The van der Waals surface area contributed by atoms with Gasteiger partial charge < -0.3 is 5.43 Å². The summed E-state index contributed by atoms with van der Waals surface area (Å²) in [5.74, 6) is 6.61. The average Bonchev–Trinajstić information content (AvgIpc) is 2.39. The number of nitrogen functional groups attached to an aromatic ring is 1. The van der Waals surface area contributed by atoms with E-state index >= 15 is 0 Å². The lowest BCUT2D eigenvalue weighted by Gasteiger charge is -2.06. The number of aromatic nitrogens is 2. The minimum absolute atomic E-state index is 0.611. The van der Waals surface area contributed by atoms with Crippen molar-refractivity contribution in [3.8, 4) is 0 Å². The Morgan fingerprint density at radius 1 is 1.24 bits per heavy atom. The van der Waals surface area contributed by atoms with Crippen LogP contribution in [0.4, 0.5) is 5.82 Å². The number of halogens is 1. The van der Waals surface area contributed by atoms with E-state index in [2.05, 4.69) is 15.4 Å². The summed E-state index contributed by atoms with van der Waals surface area (Å²) < 4.78 is 0. The molecule has 6 heteroatoms. The van der Waals surface area contributed by atoms with Crippen LogP contribution < -0.4 is 11.3 Å². The van der Waals surface area contributed by atoms with Gasteiger partial charge in [0.1, 0.15) is 5.82 Å². The summed E-state index contributed by atoms with van der Waals surface area (Å²) in [5, 5.41) is 0.644. The fraction of sp³-hybridized carbons (Fsp3) is 0.0909. The first-order valence-electron chi connectivity index (χ1n) is 4.94. The minimum Gasteiger partial charge on any atom is -0.308 e. The highest BCUT2D eigenvalue weighted by atomic mass is 35.5. The van der Waals surface area contributed by atoms with Gasteiger partial charge in [-0.05, 0) is 24.3 Å². The standard InChI is InChI=1S/C11H11ClN4S/c12-9-1-2-11(16-13)15-10(9)7-17-8-3-5-14-6-4-8/h1-6H,7,13H2,(H,15,16). The molecular weight excluding hydrogens is 256 g/mol. The van der Waals surface area contributed by atoms with Crippen LogP contribution in [-0.2, 0) is 5.75 Å². The molecule has 3 N–H and O–H groups in total. The Labute approximate surface area is 109 Å². The number of thioether (sulfide) groups is 1. The van der Waals surface area contributed by atoms with Crippen molar-refractivity contribution in [3.05, 3.63) is 47.4 Å². The first-order valence-corrected chi connectivity index (χ1v) is 6.31. The zero-order chi connectivity index (χ0) is 12.1. The van der Waals surface area contributed by atoms with Gasteiger partial charge in [0.25, 0.3) is 0 Å². The lowest BCUT2D eigenvalue weighted by Crippen LogP contribution is -2.09. The fourth-order valence-electron chi connectivity index (χ4n) is 1.25. The van der Waals surface area contributed by atoms with Crippen molar-refractivity contribution in [2.24, 2.45) is 5.84 Å². The molecule has 0 spiro atoms. The molecule has 2 aromatic heterocycles. The molecule has 0 aliphatic rings. The fourth-order valence-corrected chi connectivity index (χ4v) is 2.34. The maximum absolute atomic E-state index is 6.06. The first kappa shape index (κ1) is 12.2. The van der Waals surface area contributed by atoms with Crippen LogP contribution in [0.5, 0.6) is 0 Å². The van der Waals surface area contributed by atoms with Crippen LogP contribution in [0.3, 0.4) is 0 Å². The van der Waals surface area contributed by atoms with E-state index in [1.165, 1.54) is 0 Å². The number of nitrogens with two attached hydrogens (primary N) is 1. The zero-order valence-corrected chi connectivity index (χ0v) is 10.5. The van der Waals surface area contributed by atoms with Crippen LogP contribution in [-0.4, -0.2) is 9.97 Å². The number of nitrogens with one attached hydrogen (secondary N) is 1. The third-order valence-corrected chi connectivity index (χ3v) is 3.46. The molecule has 0 aliphatic heterocycles. The third-order valence-electron chi connectivity index (χ3n) is 2.09. The number of rotatable bonds is 4. The van der Waals surface area contributed by atoms with Gasteiger partial charge in [-0.1, -0.05) is 11.6 Å². The van der Waals surface area contributed by atoms with Crippen molar-refractivity contribution < 1.29 is 0 Å². The van der Waals surface area contributed by atoms with Crippen molar-refractivity contribution in [1.29, 1.82) is 0 Å². The molecule has 0 aromatic carbocycles. The molecule has 0 radical (unpaired) electrons. The molecule has 0 saturated carbocycles. The summed E-state index contributed by atoms with van der Waals surface area (Å²) in [5.41, 5.74) is 3.31. The Kier molecular flexibility index (Phi) is 4.19. The number of anilines is 1. The van der Waals surface area contributed by atoms with Crippen molar-refractivity contribution in [1.82, 2.24) is 9.97 Å². The Balaban J connectivity index is 2.08. The van der Waals surface area contributed by atoms with E-state index < -0.39 is 0 Å². The number of hydrazine groups is 1. The van der Waals surface area contributed by atoms with E-state index in [1.807, 2.05) is 12.1 Å². The van der Waals surface area contributed by atoms with Crippen LogP contribution in [0.15, 0.2) is 41.6 Å². The monoisotopic (exact) mass is 266 g/mol. The predicted molar refractivity (Wildman–Crippen MR) is 70.9 cm³/mol. The van der Waals surface area contributed by atoms with Gasteiger partial charge >= 0.3 is 0 Å². The highest BCUT2D eigenvalue weighted by Crippen LogP contribution is 2.25. The van der Waals surface area contributed by atoms with Crippen molar-refractivity contribution >= 4 is 29.2 Å². The van der Waals surface area contributed by atoms with E-state index in [0.717, 1.165) is 10.6 Å². The van der Waals surface area contributed by atoms with Crippen LogP contribution >= 0.6 is 23.4 Å². The highest BCUT2D eigenvalue weighted by molar-refractivity contribution is 7.98. The summed E-state index contributed by atoms with van der Waals surface area (Å²) >= 11 is 7.71. The normalized spacial score (nSPS) is 10.2. The first-order chi connectivity index (χ1) is 8.29. The second-order valence-electron chi connectivity index (χ2n) is 3.24. The molecular formula is C11H11ClN4S. The summed E-state index contributed by atoms with van der Waals surface area (Å²) in [7, 11) is 0. The Morgan fingerprint density at radius 3 is 2.71 bits per heavy atom. The van der Waals surface area contributed by atoms with E-state index in [1.54, 1.807) is 36.3 Å². The second kappa shape index (κ2) is 5.86. The maximum Gasteiger partial charge on any atom is 0.140 e. The number of hydrogen-bond donors (Lipinski definition) is 2. The quantitative estimate of drug-likeness (QED) is 0.506. The molecule has 0 saturated heterocycles. The summed E-state index contributed by atoms with van der Waals surface area (Å²) in [6, 6.07) is 7.42. The second-order valence-corrected chi connectivity index (χ2v) is 4.70. The van der Waals surface area contributed by atoms with E-state index in [-0.39, 0.29) is 0 Å². The molecule has 17 heavy (non-hydrogen) atoms. The summed E-state index contributed by atoms with van der Waals surface area (Å²) in [4.78, 5) is 9.39. The van der Waals surface area contributed by atoms with Crippen molar-refractivity contribution in [3.63, 3.8) is 0 Å². The van der Waals surface area contributed by atoms with Gasteiger partial charge in [-0.2, -0.15) is 0 Å². The minimum atomic E-state index is 0.611. The largest absolute Gasteiger partial charge is 0.308 e. The van der Waals surface area contributed by atoms with Gasteiger partial charge in [-0.3, -0.25) is 4.98 Å². The zero-order valence-electron chi connectivity index (χ0n) is 8.93. The molecule has 0 bridgehead atoms. The number of nitrogens with zero attached hydrogens (tertiary/aromatic N) is 2. The highest BCUT2D eigenvalue weighted by Gasteiger charge is 2.04. The molecule has 0 amide bonds. The smallest absolute Gasteiger partial charge is 0.140 e. The maximum atomic E-state index is 6.06. The van der Waals surface area contributed by atoms with Crippen LogP contribution in [0.1, 0.15) is 5.69 Å². The van der Waals surface area contributed by atoms with Gasteiger partial charge in [0, 0.05) is 23.0 Å². The van der Waals surface area contributed by atoms with Crippen LogP contribution in [0, 0.1) is 0 Å². The van der Waals surface area contributed by atoms with Gasteiger partial charge in [0.05, 0.1) is 10.7 Å². The summed E-state index contributed by atoms with van der Waals surface area (Å²) in [6.45, 7) is 0. The lowest BCUT2D eigenvalue weighted by atomic mass is 10.4. The predicted octanol–water partition coefficient (Wildman–Crippen LogP) is 2.71. The third kappa shape index (κ3) is 3.33. The molecule has 0 atom stereocenters. The molecule has 0 fully saturated rings. The Bertz CT molecular complexity index is 492. The molecule has 2 rings (SSSR count). The van der Waals surface area contributed by atoms with Crippen molar-refractivity contribution in [2.45, 2.75) is 10.6 Å². The summed E-state index contributed by atoms with van der Waals surface area (Å²) in [6.07, 6.45) is 3.52. The Morgan fingerprint density at radius 2 is 2.00 bits per heavy atom. The molecule has 2 aromatic rings. The lowest BCUT2D eigenvalue weighted by molar-refractivity contribution is 1.14. The average molecular weight is 267 g/mol. The van der Waals surface area contributed by atoms with E-state index in [0.29, 0.717) is 16.6 Å². The van der Waals surface area contributed by atoms with Crippen molar-refractivity contribution in [2.75, 3.05) is 5.43 Å². The number of hydrogen-bond acceptors (Lipinski definition) is 5. The van der Waals surface area contributed by atoms with Gasteiger partial charge in [-0.25, -0.2) is 10.8 Å². The molecule has 0 unspecified atom stereocenters. The SMILES string of the molecule is NNc1ccc(Cl)c(CSc2ccncc2)n1. The van der Waals surface area contributed by atoms with Gasteiger partial charge in [0.2, 0.25) is 0 Å². The van der Waals surface area contributed by atoms with Gasteiger partial charge in [-0.15, -0.1) is 11.8 Å². The van der Waals surface area contributed by atoms with Gasteiger partial charge in [0.15, 0.2) is 0 Å². The molecule has 2 heterocycles. The molecule has 4 nitrogen and oxygen atoms in total. The van der Waals surface area contributed by atoms with Crippen LogP contribution in [0.2, 0.25) is 5.02 Å². The molecule has 88 valence electrons. The topological polar surface area (TPSA) is 63.8 Å². The molecule has 0 aliphatic carbocycles.